The van der Waals surface area contributed by atoms with E-state index in [4.69, 9.17) is 4.74 Å². The summed E-state index contributed by atoms with van der Waals surface area (Å²) in [5, 5.41) is 11.1. The lowest BCUT2D eigenvalue weighted by molar-refractivity contribution is -0.00833. The Morgan fingerprint density at radius 3 is 2.57 bits per heavy atom. The second-order valence-electron chi connectivity index (χ2n) is 7.63. The predicted molar refractivity (Wildman–Crippen MR) is 113 cm³/mol. The highest BCUT2D eigenvalue weighted by Crippen LogP contribution is 2.15. The molecule has 2 N–H and O–H groups in total. The number of nitrogens with one attached hydrogen (secondary N) is 2. The number of ether oxygens (including phenoxy) is 1. The Bertz CT molecular complexity index is 733. The first-order chi connectivity index (χ1) is 13.6. The van der Waals surface area contributed by atoms with Gasteiger partial charge in [-0.3, -0.25) is 9.89 Å². The SMILES string of the molecule is CN=C(NCCc1ccc(-n2cccn2)cc1)NCC(C)(C)N1CCOCC1. The van der Waals surface area contributed by atoms with E-state index in [-0.39, 0.29) is 5.54 Å². The molecule has 3 rings (SSSR count). The van der Waals surface area contributed by atoms with Crippen LogP contribution in [0.1, 0.15) is 19.4 Å². The smallest absolute Gasteiger partial charge is 0.191 e. The molecule has 0 radical (unpaired) electrons. The summed E-state index contributed by atoms with van der Waals surface area (Å²) >= 11 is 0. The molecule has 0 saturated carbocycles. The zero-order chi connectivity index (χ0) is 19.8. The Labute approximate surface area is 167 Å². The lowest BCUT2D eigenvalue weighted by atomic mass is 10.0. The van der Waals surface area contributed by atoms with Gasteiger partial charge in [0.05, 0.1) is 18.9 Å². The van der Waals surface area contributed by atoms with Crippen molar-refractivity contribution >= 4 is 5.96 Å². The minimum Gasteiger partial charge on any atom is -0.379 e. The third-order valence-corrected chi connectivity index (χ3v) is 5.19. The van der Waals surface area contributed by atoms with Gasteiger partial charge in [0, 0.05) is 51.2 Å². The predicted octanol–water partition coefficient (Wildman–Crippen LogP) is 1.69. The number of hydrogen-bond donors (Lipinski definition) is 2. The van der Waals surface area contributed by atoms with E-state index >= 15 is 0 Å². The average Bonchev–Trinajstić information content (AvgIpc) is 3.26. The molecule has 7 heteroatoms. The van der Waals surface area contributed by atoms with Gasteiger partial charge in [0.1, 0.15) is 0 Å². The van der Waals surface area contributed by atoms with Crippen molar-refractivity contribution in [2.75, 3.05) is 46.4 Å². The van der Waals surface area contributed by atoms with Crippen LogP contribution in [0.2, 0.25) is 0 Å². The Morgan fingerprint density at radius 2 is 1.93 bits per heavy atom. The molecule has 1 saturated heterocycles. The zero-order valence-corrected chi connectivity index (χ0v) is 17.2. The van der Waals surface area contributed by atoms with Crippen molar-refractivity contribution in [3.63, 3.8) is 0 Å². The van der Waals surface area contributed by atoms with E-state index in [0.29, 0.717) is 0 Å². The van der Waals surface area contributed by atoms with Crippen LogP contribution >= 0.6 is 0 Å². The van der Waals surface area contributed by atoms with Crippen molar-refractivity contribution in [3.05, 3.63) is 48.3 Å². The molecule has 1 aliphatic heterocycles. The van der Waals surface area contributed by atoms with E-state index in [9.17, 15) is 0 Å². The van der Waals surface area contributed by atoms with Gasteiger partial charge >= 0.3 is 0 Å². The van der Waals surface area contributed by atoms with Crippen molar-refractivity contribution in [1.29, 1.82) is 0 Å². The van der Waals surface area contributed by atoms with Gasteiger partial charge in [-0.1, -0.05) is 12.1 Å². The topological polar surface area (TPSA) is 66.7 Å². The van der Waals surface area contributed by atoms with Crippen LogP contribution in [0.3, 0.4) is 0 Å². The highest BCUT2D eigenvalue weighted by atomic mass is 16.5. The third kappa shape index (κ3) is 5.56. The average molecular weight is 385 g/mol. The monoisotopic (exact) mass is 384 g/mol. The molecule has 0 amide bonds. The number of aliphatic imine (C=N–C) groups is 1. The van der Waals surface area contributed by atoms with Crippen LogP contribution in [-0.2, 0) is 11.2 Å². The lowest BCUT2D eigenvalue weighted by Gasteiger charge is -2.41. The van der Waals surface area contributed by atoms with Crippen molar-refractivity contribution < 1.29 is 4.74 Å². The highest BCUT2D eigenvalue weighted by Gasteiger charge is 2.28. The molecule has 2 aromatic rings. The summed E-state index contributed by atoms with van der Waals surface area (Å²) in [6.07, 6.45) is 4.67. The van der Waals surface area contributed by atoms with Crippen LogP contribution in [-0.4, -0.2) is 72.6 Å². The second-order valence-corrected chi connectivity index (χ2v) is 7.63. The van der Waals surface area contributed by atoms with Crippen molar-refractivity contribution in [2.24, 2.45) is 4.99 Å². The first kappa shape index (κ1) is 20.4. The summed E-state index contributed by atoms with van der Waals surface area (Å²) < 4.78 is 7.33. The van der Waals surface area contributed by atoms with Gasteiger partial charge in [-0.15, -0.1) is 0 Å². The quantitative estimate of drug-likeness (QED) is 0.562. The van der Waals surface area contributed by atoms with E-state index in [0.717, 1.165) is 57.5 Å². The van der Waals surface area contributed by atoms with Crippen LogP contribution in [0.4, 0.5) is 0 Å². The van der Waals surface area contributed by atoms with Gasteiger partial charge in [0.25, 0.3) is 0 Å². The standard InChI is InChI=1S/C21H32N6O/c1-21(2,26-13-15-28-16-14-26)17-24-20(22-3)23-11-9-18-5-7-19(8-6-18)27-12-4-10-25-27/h4-8,10,12H,9,11,13-17H2,1-3H3,(H2,22,23,24). The van der Waals surface area contributed by atoms with Crippen molar-refractivity contribution in [3.8, 4) is 5.69 Å². The molecule has 2 heterocycles. The van der Waals surface area contributed by atoms with Crippen molar-refractivity contribution in [1.82, 2.24) is 25.3 Å². The van der Waals surface area contributed by atoms with Crippen LogP contribution in [0, 0.1) is 0 Å². The normalized spacial score (nSPS) is 16.2. The van der Waals surface area contributed by atoms with Crippen LogP contribution < -0.4 is 10.6 Å². The maximum atomic E-state index is 5.46. The maximum Gasteiger partial charge on any atom is 0.191 e. The fraction of sp³-hybridized carbons (Fsp3) is 0.524. The molecule has 1 aromatic carbocycles. The number of hydrogen-bond acceptors (Lipinski definition) is 4. The molecule has 1 aliphatic rings. The molecule has 0 spiro atoms. The summed E-state index contributed by atoms with van der Waals surface area (Å²) in [6.45, 7) is 9.79. The molecular formula is C21H32N6O. The van der Waals surface area contributed by atoms with E-state index < -0.39 is 0 Å². The summed E-state index contributed by atoms with van der Waals surface area (Å²) in [4.78, 5) is 6.83. The molecular weight excluding hydrogens is 352 g/mol. The summed E-state index contributed by atoms with van der Waals surface area (Å²) in [5.41, 5.74) is 2.42. The number of aromatic nitrogens is 2. The maximum absolute atomic E-state index is 5.46. The molecule has 7 nitrogen and oxygen atoms in total. The molecule has 0 atom stereocenters. The molecule has 152 valence electrons. The third-order valence-electron chi connectivity index (χ3n) is 5.19. The highest BCUT2D eigenvalue weighted by molar-refractivity contribution is 5.79. The first-order valence-corrected chi connectivity index (χ1v) is 9.95. The summed E-state index contributed by atoms with van der Waals surface area (Å²) in [7, 11) is 1.82. The number of rotatable bonds is 7. The van der Waals surface area contributed by atoms with Gasteiger partial charge in [-0.2, -0.15) is 5.10 Å². The Hall–Kier alpha value is -2.38. The van der Waals surface area contributed by atoms with Gasteiger partial charge in [0.15, 0.2) is 5.96 Å². The van der Waals surface area contributed by atoms with Gasteiger partial charge in [-0.25, -0.2) is 4.68 Å². The largest absolute Gasteiger partial charge is 0.379 e. The lowest BCUT2D eigenvalue weighted by Crippen LogP contribution is -2.56. The van der Waals surface area contributed by atoms with E-state index in [1.807, 2.05) is 24.0 Å². The number of morpholine rings is 1. The Kier molecular flexibility index (Phi) is 7.06. The van der Waals surface area contributed by atoms with E-state index in [1.54, 1.807) is 6.20 Å². The molecule has 0 bridgehead atoms. The fourth-order valence-corrected chi connectivity index (χ4v) is 3.36. The molecule has 0 unspecified atom stereocenters. The Balaban J connectivity index is 1.42. The molecule has 1 fully saturated rings. The second kappa shape index (κ2) is 9.71. The fourth-order valence-electron chi connectivity index (χ4n) is 3.36. The summed E-state index contributed by atoms with van der Waals surface area (Å²) in [6, 6.07) is 10.4. The van der Waals surface area contributed by atoms with Crippen molar-refractivity contribution in [2.45, 2.75) is 25.8 Å². The number of nitrogens with zero attached hydrogens (tertiary/aromatic N) is 4. The molecule has 1 aromatic heterocycles. The number of guanidine groups is 1. The minimum absolute atomic E-state index is 0.0593. The van der Waals surface area contributed by atoms with Crippen LogP contribution in [0.15, 0.2) is 47.7 Å². The van der Waals surface area contributed by atoms with Gasteiger partial charge in [0.2, 0.25) is 0 Å². The Morgan fingerprint density at radius 1 is 1.18 bits per heavy atom. The first-order valence-electron chi connectivity index (χ1n) is 9.95. The van der Waals surface area contributed by atoms with Crippen LogP contribution in [0.5, 0.6) is 0 Å². The zero-order valence-electron chi connectivity index (χ0n) is 17.2. The minimum atomic E-state index is 0.0593. The molecule has 0 aliphatic carbocycles. The van der Waals surface area contributed by atoms with Gasteiger partial charge < -0.3 is 15.4 Å². The van der Waals surface area contributed by atoms with E-state index in [1.165, 1.54) is 5.56 Å². The molecule has 28 heavy (non-hydrogen) atoms. The summed E-state index contributed by atoms with van der Waals surface area (Å²) in [5.74, 6) is 0.842. The van der Waals surface area contributed by atoms with E-state index in [2.05, 4.69) is 63.7 Å². The number of benzene rings is 1. The van der Waals surface area contributed by atoms with Crippen LogP contribution in [0.25, 0.3) is 5.69 Å². The van der Waals surface area contributed by atoms with Gasteiger partial charge in [-0.05, 0) is 44.0 Å².